The largest absolute Gasteiger partial charge is 0.463 e. The summed E-state index contributed by atoms with van der Waals surface area (Å²) >= 11 is 0. The Morgan fingerprint density at radius 2 is 2.13 bits per heavy atom. The number of ether oxygens (including phenoxy) is 1. The lowest BCUT2D eigenvalue weighted by molar-refractivity contribution is -0.183. The molecule has 0 heterocycles. The summed E-state index contributed by atoms with van der Waals surface area (Å²) in [4.78, 5) is 36.5. The monoisotopic (exact) mass is 217 g/mol. The van der Waals surface area contributed by atoms with E-state index in [-0.39, 0.29) is 11.8 Å². The SMILES string of the molecule is C=CC(=O)ON(NC(N)=O)C(=O)OCC. The lowest BCUT2D eigenvalue weighted by atomic mass is 10.7. The zero-order valence-electron chi connectivity index (χ0n) is 8.06. The van der Waals surface area contributed by atoms with Crippen LogP contribution in [0.4, 0.5) is 9.59 Å². The number of hydrogen-bond acceptors (Lipinski definition) is 5. The molecular weight excluding hydrogens is 206 g/mol. The van der Waals surface area contributed by atoms with Crippen LogP contribution < -0.4 is 11.2 Å². The van der Waals surface area contributed by atoms with E-state index in [1.165, 1.54) is 6.92 Å². The first-order valence-electron chi connectivity index (χ1n) is 3.88. The molecule has 15 heavy (non-hydrogen) atoms. The minimum absolute atomic E-state index is 0.0431. The van der Waals surface area contributed by atoms with E-state index in [0.29, 0.717) is 0 Å². The molecule has 0 aromatic heterocycles. The molecule has 0 unspecified atom stereocenters. The van der Waals surface area contributed by atoms with Gasteiger partial charge in [0.05, 0.1) is 6.61 Å². The highest BCUT2D eigenvalue weighted by molar-refractivity contribution is 5.83. The Morgan fingerprint density at radius 1 is 1.53 bits per heavy atom. The maximum absolute atomic E-state index is 11.1. The van der Waals surface area contributed by atoms with Crippen molar-refractivity contribution in [3.63, 3.8) is 0 Å². The minimum Gasteiger partial charge on any atom is -0.446 e. The van der Waals surface area contributed by atoms with Gasteiger partial charge in [-0.05, 0) is 12.1 Å². The van der Waals surface area contributed by atoms with E-state index in [9.17, 15) is 14.4 Å². The van der Waals surface area contributed by atoms with Crippen LogP contribution >= 0.6 is 0 Å². The zero-order chi connectivity index (χ0) is 11.8. The molecule has 0 saturated carbocycles. The van der Waals surface area contributed by atoms with Gasteiger partial charge in [0, 0.05) is 6.08 Å². The van der Waals surface area contributed by atoms with Gasteiger partial charge in [0.15, 0.2) is 0 Å². The number of nitrogens with one attached hydrogen (secondary N) is 1. The van der Waals surface area contributed by atoms with Crippen molar-refractivity contribution in [2.75, 3.05) is 6.61 Å². The number of carbonyl (C=O) groups excluding carboxylic acids is 3. The highest BCUT2D eigenvalue weighted by Gasteiger charge is 2.20. The fourth-order valence-corrected chi connectivity index (χ4v) is 0.515. The third kappa shape index (κ3) is 5.13. The normalized spacial score (nSPS) is 8.60. The predicted molar refractivity (Wildman–Crippen MR) is 47.9 cm³/mol. The number of nitrogens with two attached hydrogens (primary N) is 1. The van der Waals surface area contributed by atoms with Gasteiger partial charge in [-0.3, -0.25) is 0 Å². The standard InChI is InChI=1S/C7H11N3O5/c1-3-5(11)15-10(9-6(8)12)7(13)14-4-2/h3H,1,4H2,2H3,(H3,8,9,12). The van der Waals surface area contributed by atoms with E-state index < -0.39 is 18.1 Å². The number of amides is 3. The molecule has 0 radical (unpaired) electrons. The number of primary amides is 1. The van der Waals surface area contributed by atoms with Crippen LogP contribution in [0.15, 0.2) is 12.7 Å². The van der Waals surface area contributed by atoms with Gasteiger partial charge in [0.25, 0.3) is 0 Å². The Morgan fingerprint density at radius 3 is 2.53 bits per heavy atom. The number of hydrogen-bond donors (Lipinski definition) is 2. The van der Waals surface area contributed by atoms with E-state index in [2.05, 4.69) is 16.2 Å². The van der Waals surface area contributed by atoms with Crippen molar-refractivity contribution in [3.05, 3.63) is 12.7 Å². The molecule has 3 amide bonds. The van der Waals surface area contributed by atoms with Crippen LogP contribution in [0.5, 0.6) is 0 Å². The molecule has 0 fully saturated rings. The number of urea groups is 1. The van der Waals surface area contributed by atoms with Crippen molar-refractivity contribution in [1.29, 1.82) is 0 Å². The number of hydroxylamine groups is 1. The van der Waals surface area contributed by atoms with Gasteiger partial charge in [0.2, 0.25) is 0 Å². The first kappa shape index (κ1) is 12.8. The third-order valence-electron chi connectivity index (χ3n) is 0.993. The fraction of sp³-hybridized carbons (Fsp3) is 0.286. The zero-order valence-corrected chi connectivity index (χ0v) is 8.06. The van der Waals surface area contributed by atoms with Crippen molar-refractivity contribution in [2.45, 2.75) is 6.92 Å². The van der Waals surface area contributed by atoms with Gasteiger partial charge in [-0.25, -0.2) is 19.8 Å². The van der Waals surface area contributed by atoms with Gasteiger partial charge in [0.1, 0.15) is 0 Å². The van der Waals surface area contributed by atoms with Crippen molar-refractivity contribution < 1.29 is 24.0 Å². The van der Waals surface area contributed by atoms with E-state index in [0.717, 1.165) is 6.08 Å². The van der Waals surface area contributed by atoms with Crippen LogP contribution in [-0.2, 0) is 14.4 Å². The molecule has 8 heteroatoms. The topological polar surface area (TPSA) is 111 Å². The number of nitrogens with zero attached hydrogens (tertiary/aromatic N) is 1. The summed E-state index contributed by atoms with van der Waals surface area (Å²) in [6, 6.07) is -1.08. The molecule has 0 atom stereocenters. The minimum atomic E-state index is -1.08. The molecule has 0 bridgehead atoms. The van der Waals surface area contributed by atoms with Crippen molar-refractivity contribution in [2.24, 2.45) is 5.73 Å². The van der Waals surface area contributed by atoms with Crippen LogP contribution in [0.1, 0.15) is 6.92 Å². The summed E-state index contributed by atoms with van der Waals surface area (Å²) < 4.78 is 4.46. The molecule has 84 valence electrons. The van der Waals surface area contributed by atoms with Gasteiger partial charge in [-0.15, -0.1) is 0 Å². The molecule has 0 aliphatic rings. The first-order valence-corrected chi connectivity index (χ1v) is 3.88. The van der Waals surface area contributed by atoms with Crippen LogP contribution in [-0.4, -0.2) is 29.9 Å². The van der Waals surface area contributed by atoms with Gasteiger partial charge in [-0.1, -0.05) is 6.58 Å². The summed E-state index contributed by atoms with van der Waals surface area (Å²) in [6.45, 7) is 4.68. The predicted octanol–water partition coefficient (Wildman–Crippen LogP) is -0.328. The van der Waals surface area contributed by atoms with Gasteiger partial charge >= 0.3 is 18.1 Å². The van der Waals surface area contributed by atoms with Crippen LogP contribution in [0, 0.1) is 0 Å². The maximum Gasteiger partial charge on any atom is 0.463 e. The Balaban J connectivity index is 4.42. The maximum atomic E-state index is 11.1. The summed E-state index contributed by atoms with van der Waals surface area (Å²) in [6.07, 6.45) is -0.277. The number of hydrazine groups is 1. The summed E-state index contributed by atoms with van der Waals surface area (Å²) in [7, 11) is 0. The first-order chi connectivity index (χ1) is 7.01. The van der Waals surface area contributed by atoms with E-state index in [1.54, 1.807) is 5.43 Å². The molecular formula is C7H11N3O5. The molecule has 0 aromatic rings. The van der Waals surface area contributed by atoms with Crippen molar-refractivity contribution in [1.82, 2.24) is 10.6 Å². The Bertz CT molecular complexity index is 278. The van der Waals surface area contributed by atoms with Crippen molar-refractivity contribution >= 4 is 18.1 Å². The second-order valence-electron chi connectivity index (χ2n) is 2.08. The molecule has 0 aliphatic carbocycles. The number of rotatable bonds is 2. The Kier molecular flexibility index (Phi) is 5.31. The average Bonchev–Trinajstić information content (AvgIpc) is 2.16. The molecule has 8 nitrogen and oxygen atoms in total. The average molecular weight is 217 g/mol. The van der Waals surface area contributed by atoms with Gasteiger partial charge < -0.3 is 15.3 Å². The quantitative estimate of drug-likeness (QED) is 0.486. The lowest BCUT2D eigenvalue weighted by Crippen LogP contribution is -2.49. The Hall–Kier alpha value is -2.25. The summed E-state index contributed by atoms with van der Waals surface area (Å²) in [5.74, 6) is -0.947. The van der Waals surface area contributed by atoms with E-state index in [4.69, 9.17) is 5.73 Å². The van der Waals surface area contributed by atoms with Crippen LogP contribution in [0.25, 0.3) is 0 Å². The van der Waals surface area contributed by atoms with E-state index in [1.807, 2.05) is 0 Å². The summed E-state index contributed by atoms with van der Waals surface area (Å²) in [5, 5.41) is 0.176. The van der Waals surface area contributed by atoms with Crippen molar-refractivity contribution in [3.8, 4) is 0 Å². The molecule has 0 spiro atoms. The highest BCUT2D eigenvalue weighted by atomic mass is 16.8. The number of carbonyl (C=O) groups is 3. The second kappa shape index (κ2) is 6.24. The van der Waals surface area contributed by atoms with E-state index >= 15 is 0 Å². The third-order valence-corrected chi connectivity index (χ3v) is 0.993. The molecule has 0 aliphatic heterocycles. The fourth-order valence-electron chi connectivity index (χ4n) is 0.515. The second-order valence-corrected chi connectivity index (χ2v) is 2.08. The van der Waals surface area contributed by atoms with Crippen LogP contribution in [0.3, 0.4) is 0 Å². The molecule has 3 N–H and O–H groups in total. The van der Waals surface area contributed by atoms with Crippen LogP contribution in [0.2, 0.25) is 0 Å². The highest BCUT2D eigenvalue weighted by Crippen LogP contribution is 1.93. The van der Waals surface area contributed by atoms with Gasteiger partial charge in [-0.2, -0.15) is 0 Å². The molecule has 0 saturated heterocycles. The summed E-state index contributed by atoms with van der Waals surface area (Å²) in [5.41, 5.74) is 6.46. The molecule has 0 aromatic carbocycles. The lowest BCUT2D eigenvalue weighted by Gasteiger charge is -2.18. The smallest absolute Gasteiger partial charge is 0.446 e. The molecule has 0 rings (SSSR count). The Labute approximate surface area is 85.5 Å².